The van der Waals surface area contributed by atoms with E-state index < -0.39 is 0 Å². The molecular weight excluding hydrogens is 355 g/mol. The first-order chi connectivity index (χ1) is 7.65. The van der Waals surface area contributed by atoms with Crippen LogP contribution < -0.4 is 5.32 Å². The number of thiazole rings is 1. The average molecular weight is 365 g/mol. The average Bonchev–Trinajstić information content (AvgIpc) is 2.63. The van der Waals surface area contributed by atoms with E-state index in [1.54, 1.807) is 11.3 Å². The van der Waals surface area contributed by atoms with Crippen LogP contribution in [0.5, 0.6) is 0 Å². The standard InChI is InChI=1S/C11H10ClIN2S/c1-7-6-16-11(15-7)5-14-10-3-2-8(13)4-9(10)12/h2-4,6,14H,5H2,1H3. The van der Waals surface area contributed by atoms with Crippen LogP contribution in [-0.4, -0.2) is 4.98 Å². The lowest BCUT2D eigenvalue weighted by molar-refractivity contribution is 1.08. The molecule has 5 heteroatoms. The maximum absolute atomic E-state index is 6.12. The molecule has 16 heavy (non-hydrogen) atoms. The Morgan fingerprint density at radius 2 is 2.31 bits per heavy atom. The van der Waals surface area contributed by atoms with E-state index in [9.17, 15) is 0 Å². The Morgan fingerprint density at radius 3 is 2.94 bits per heavy atom. The number of anilines is 1. The Hall–Kier alpha value is -0.330. The minimum Gasteiger partial charge on any atom is -0.377 e. The molecule has 0 saturated carbocycles. The van der Waals surface area contributed by atoms with Crippen LogP contribution in [-0.2, 0) is 6.54 Å². The lowest BCUT2D eigenvalue weighted by Crippen LogP contribution is -1.99. The highest BCUT2D eigenvalue weighted by Gasteiger charge is 2.02. The molecule has 84 valence electrons. The van der Waals surface area contributed by atoms with Crippen molar-refractivity contribution in [3.63, 3.8) is 0 Å². The molecule has 1 heterocycles. The van der Waals surface area contributed by atoms with E-state index in [-0.39, 0.29) is 0 Å². The predicted molar refractivity (Wildman–Crippen MR) is 78.3 cm³/mol. The Kier molecular flexibility index (Phi) is 4.05. The molecule has 0 aliphatic rings. The molecule has 2 rings (SSSR count). The summed E-state index contributed by atoms with van der Waals surface area (Å²) >= 11 is 10.0. The maximum atomic E-state index is 6.12. The second kappa shape index (κ2) is 5.33. The van der Waals surface area contributed by atoms with Gasteiger partial charge >= 0.3 is 0 Å². The molecule has 0 spiro atoms. The number of aromatic nitrogens is 1. The minimum absolute atomic E-state index is 0.721. The van der Waals surface area contributed by atoms with E-state index in [1.807, 2.05) is 30.5 Å². The highest BCUT2D eigenvalue weighted by molar-refractivity contribution is 14.1. The number of nitrogens with one attached hydrogen (secondary N) is 1. The van der Waals surface area contributed by atoms with Crippen LogP contribution in [0.2, 0.25) is 5.02 Å². The smallest absolute Gasteiger partial charge is 0.112 e. The van der Waals surface area contributed by atoms with E-state index in [1.165, 1.54) is 0 Å². The lowest BCUT2D eigenvalue weighted by atomic mass is 10.3. The van der Waals surface area contributed by atoms with Crippen molar-refractivity contribution < 1.29 is 0 Å². The van der Waals surface area contributed by atoms with Crippen LogP contribution >= 0.6 is 45.5 Å². The number of nitrogens with zero attached hydrogens (tertiary/aromatic N) is 1. The summed E-state index contributed by atoms with van der Waals surface area (Å²) in [5, 5.41) is 7.16. The van der Waals surface area contributed by atoms with E-state index >= 15 is 0 Å². The summed E-state index contributed by atoms with van der Waals surface area (Å²) in [5.74, 6) is 0. The summed E-state index contributed by atoms with van der Waals surface area (Å²) in [6.45, 7) is 2.72. The molecule has 2 nitrogen and oxygen atoms in total. The third kappa shape index (κ3) is 3.09. The van der Waals surface area contributed by atoms with E-state index in [2.05, 4.69) is 32.9 Å². The number of aryl methyl sites for hydroxylation is 1. The normalized spacial score (nSPS) is 10.4. The summed E-state index contributed by atoms with van der Waals surface area (Å²) in [7, 11) is 0. The fraction of sp³-hybridized carbons (Fsp3) is 0.182. The molecule has 0 bridgehead atoms. The molecular formula is C11H10ClIN2S. The summed E-state index contributed by atoms with van der Waals surface area (Å²) < 4.78 is 1.14. The second-order valence-electron chi connectivity index (χ2n) is 3.36. The van der Waals surface area contributed by atoms with Crippen molar-refractivity contribution in [3.05, 3.63) is 42.9 Å². The first-order valence-electron chi connectivity index (χ1n) is 4.75. The Labute approximate surface area is 117 Å². The molecule has 0 fully saturated rings. The zero-order valence-corrected chi connectivity index (χ0v) is 12.4. The van der Waals surface area contributed by atoms with Gasteiger partial charge in [0.05, 0.1) is 17.3 Å². The zero-order valence-electron chi connectivity index (χ0n) is 8.63. The van der Waals surface area contributed by atoms with Crippen LogP contribution in [0.3, 0.4) is 0 Å². The first-order valence-corrected chi connectivity index (χ1v) is 7.09. The molecule has 0 unspecified atom stereocenters. The van der Waals surface area contributed by atoms with Gasteiger partial charge in [0.2, 0.25) is 0 Å². The molecule has 0 aliphatic heterocycles. The predicted octanol–water partition coefficient (Wildman–Crippen LogP) is 4.32. The van der Waals surface area contributed by atoms with E-state index in [0.29, 0.717) is 0 Å². The highest BCUT2D eigenvalue weighted by Crippen LogP contribution is 2.24. The largest absolute Gasteiger partial charge is 0.377 e. The number of benzene rings is 1. The molecule has 1 N–H and O–H groups in total. The molecule has 0 atom stereocenters. The molecule has 0 radical (unpaired) electrons. The second-order valence-corrected chi connectivity index (χ2v) is 5.96. The summed E-state index contributed by atoms with van der Waals surface area (Å²) in [6.07, 6.45) is 0. The van der Waals surface area contributed by atoms with Gasteiger partial charge in [-0.15, -0.1) is 11.3 Å². The summed E-state index contributed by atoms with van der Waals surface area (Å²) in [5.41, 5.74) is 2.02. The van der Waals surface area contributed by atoms with Gasteiger partial charge in [0.15, 0.2) is 0 Å². The SMILES string of the molecule is Cc1csc(CNc2ccc(I)cc2Cl)n1. The van der Waals surface area contributed by atoms with Crippen molar-refractivity contribution in [2.45, 2.75) is 13.5 Å². The number of rotatable bonds is 3. The van der Waals surface area contributed by atoms with Crippen LogP contribution in [0.15, 0.2) is 23.6 Å². The Morgan fingerprint density at radius 1 is 1.50 bits per heavy atom. The molecule has 0 amide bonds. The van der Waals surface area contributed by atoms with Gasteiger partial charge in [-0.3, -0.25) is 0 Å². The van der Waals surface area contributed by atoms with Gasteiger partial charge in [0.25, 0.3) is 0 Å². The summed E-state index contributed by atoms with van der Waals surface area (Å²) in [6, 6.07) is 5.96. The Bertz CT molecular complexity index is 498. The summed E-state index contributed by atoms with van der Waals surface area (Å²) in [4.78, 5) is 4.38. The van der Waals surface area contributed by atoms with Gasteiger partial charge in [0, 0.05) is 14.6 Å². The third-order valence-corrected chi connectivity index (χ3v) is 3.98. The van der Waals surface area contributed by atoms with E-state index in [4.69, 9.17) is 11.6 Å². The number of halogens is 2. The van der Waals surface area contributed by atoms with Crippen molar-refractivity contribution in [2.75, 3.05) is 5.32 Å². The van der Waals surface area contributed by atoms with Gasteiger partial charge < -0.3 is 5.32 Å². The molecule has 1 aromatic carbocycles. The molecule has 1 aromatic heterocycles. The zero-order chi connectivity index (χ0) is 11.5. The van der Waals surface area contributed by atoms with Crippen LogP contribution in [0.4, 0.5) is 5.69 Å². The number of hydrogen-bond acceptors (Lipinski definition) is 3. The van der Waals surface area contributed by atoms with Crippen LogP contribution in [0.25, 0.3) is 0 Å². The van der Waals surface area contributed by atoms with Crippen LogP contribution in [0.1, 0.15) is 10.7 Å². The van der Waals surface area contributed by atoms with Gasteiger partial charge in [0.1, 0.15) is 5.01 Å². The number of hydrogen-bond donors (Lipinski definition) is 1. The minimum atomic E-state index is 0.721. The van der Waals surface area contributed by atoms with Crippen LogP contribution in [0, 0.1) is 10.5 Å². The van der Waals surface area contributed by atoms with Crippen molar-refractivity contribution in [1.82, 2.24) is 4.98 Å². The topological polar surface area (TPSA) is 24.9 Å². The van der Waals surface area contributed by atoms with Crippen molar-refractivity contribution in [2.24, 2.45) is 0 Å². The van der Waals surface area contributed by atoms with Crippen molar-refractivity contribution >= 4 is 51.2 Å². The quantitative estimate of drug-likeness (QED) is 0.820. The van der Waals surface area contributed by atoms with Crippen molar-refractivity contribution in [3.8, 4) is 0 Å². The first kappa shape index (κ1) is 12.1. The van der Waals surface area contributed by atoms with Gasteiger partial charge in [-0.25, -0.2) is 4.98 Å². The molecule has 2 aromatic rings. The highest BCUT2D eigenvalue weighted by atomic mass is 127. The van der Waals surface area contributed by atoms with Crippen molar-refractivity contribution in [1.29, 1.82) is 0 Å². The lowest BCUT2D eigenvalue weighted by Gasteiger charge is -2.06. The molecule has 0 saturated heterocycles. The monoisotopic (exact) mass is 364 g/mol. The van der Waals surface area contributed by atoms with Gasteiger partial charge in [-0.1, -0.05) is 11.6 Å². The van der Waals surface area contributed by atoms with Gasteiger partial charge in [-0.2, -0.15) is 0 Å². The fourth-order valence-electron chi connectivity index (χ4n) is 1.29. The third-order valence-electron chi connectivity index (χ3n) is 2.03. The molecule has 0 aliphatic carbocycles. The van der Waals surface area contributed by atoms with E-state index in [0.717, 1.165) is 31.5 Å². The maximum Gasteiger partial charge on any atom is 0.112 e. The fourth-order valence-corrected chi connectivity index (χ4v) is 2.92. The Balaban J connectivity index is 2.04. The van der Waals surface area contributed by atoms with Gasteiger partial charge in [-0.05, 0) is 47.7 Å².